The fourth-order valence-corrected chi connectivity index (χ4v) is 8.33. The summed E-state index contributed by atoms with van der Waals surface area (Å²) < 4.78 is 13.3. The molecule has 0 radical (unpaired) electrons. The summed E-state index contributed by atoms with van der Waals surface area (Å²) >= 11 is 0. The number of fused-ring (bicyclic) bond motifs is 7. The maximum Gasteiger partial charge on any atom is 0.159 e. The predicted molar refractivity (Wildman–Crippen MR) is 229 cm³/mol. The molecule has 0 N–H and O–H groups in total. The summed E-state index contributed by atoms with van der Waals surface area (Å²) in [5, 5.41) is 6.83. The molecule has 0 atom stereocenters. The number of benzene rings is 9. The van der Waals surface area contributed by atoms with Crippen molar-refractivity contribution in [3.8, 4) is 33.4 Å². The van der Waals surface area contributed by atoms with E-state index in [0.29, 0.717) is 0 Å². The van der Waals surface area contributed by atoms with Crippen molar-refractivity contribution in [3.63, 3.8) is 0 Å². The van der Waals surface area contributed by atoms with Crippen LogP contribution in [0.1, 0.15) is 0 Å². The molecule has 0 aliphatic carbocycles. The molecule has 3 nitrogen and oxygen atoms in total. The molecule has 0 spiro atoms. The van der Waals surface area contributed by atoms with Crippen LogP contribution in [0.15, 0.2) is 209 Å². The van der Waals surface area contributed by atoms with Crippen LogP contribution in [0.25, 0.3) is 88.0 Å². The van der Waals surface area contributed by atoms with E-state index in [2.05, 4.69) is 187 Å². The van der Waals surface area contributed by atoms with E-state index in [1.807, 2.05) is 18.2 Å². The number of nitrogens with zero attached hydrogens (tertiary/aromatic N) is 1. The van der Waals surface area contributed by atoms with Crippen molar-refractivity contribution in [1.82, 2.24) is 0 Å². The van der Waals surface area contributed by atoms with Crippen molar-refractivity contribution in [2.75, 3.05) is 4.90 Å². The second kappa shape index (κ2) is 12.6. The molecule has 2 heterocycles. The molecule has 0 saturated carbocycles. The van der Waals surface area contributed by atoms with Gasteiger partial charge in [0.1, 0.15) is 16.7 Å². The predicted octanol–water partition coefficient (Wildman–Crippen LogP) is 15.1. The summed E-state index contributed by atoms with van der Waals surface area (Å²) in [4.78, 5) is 2.38. The highest BCUT2D eigenvalue weighted by atomic mass is 16.3. The molecule has 0 aliphatic heterocycles. The lowest BCUT2D eigenvalue weighted by molar-refractivity contribution is 0.669. The number of anilines is 3. The van der Waals surface area contributed by atoms with Gasteiger partial charge in [-0.3, -0.25) is 0 Å². The number of hydrogen-bond acceptors (Lipinski definition) is 3. The van der Waals surface area contributed by atoms with Gasteiger partial charge in [0, 0.05) is 38.4 Å². The lowest BCUT2D eigenvalue weighted by Gasteiger charge is -2.29. The van der Waals surface area contributed by atoms with Gasteiger partial charge in [-0.05, 0) is 69.4 Å². The summed E-state index contributed by atoms with van der Waals surface area (Å²) in [6.07, 6.45) is 0. The zero-order valence-electron chi connectivity index (χ0n) is 29.8. The minimum absolute atomic E-state index is 0.836. The van der Waals surface area contributed by atoms with Crippen LogP contribution >= 0.6 is 0 Å². The van der Waals surface area contributed by atoms with Gasteiger partial charge >= 0.3 is 0 Å². The van der Waals surface area contributed by atoms with E-state index in [4.69, 9.17) is 8.83 Å². The van der Waals surface area contributed by atoms with E-state index in [1.54, 1.807) is 0 Å². The van der Waals surface area contributed by atoms with E-state index in [9.17, 15) is 0 Å². The van der Waals surface area contributed by atoms with Crippen molar-refractivity contribution < 1.29 is 8.83 Å². The van der Waals surface area contributed by atoms with Gasteiger partial charge in [-0.1, -0.05) is 164 Å². The fourth-order valence-electron chi connectivity index (χ4n) is 8.33. The van der Waals surface area contributed by atoms with Crippen LogP contribution in [-0.2, 0) is 0 Å². The first-order valence-corrected chi connectivity index (χ1v) is 18.7. The van der Waals surface area contributed by atoms with Crippen LogP contribution in [0, 0.1) is 0 Å². The largest absolute Gasteiger partial charge is 0.455 e. The standard InChI is InChI=1S/C52H33NO2/c1-2-14-35(15-3-1)41-31-30-37(40-23-11-17-34-16-4-5-20-39(34)40)33-48(41)53(47-27-13-26-46-44-22-7-9-29-50(44)55-52(46)47)38-19-10-18-36(32-38)42-24-12-25-45-43-21-6-8-28-49(43)54-51(42)45/h1-33H. The summed E-state index contributed by atoms with van der Waals surface area (Å²) in [6, 6.07) is 71.0. The van der Waals surface area contributed by atoms with E-state index < -0.39 is 0 Å². The van der Waals surface area contributed by atoms with Gasteiger partial charge in [-0.25, -0.2) is 0 Å². The van der Waals surface area contributed by atoms with Crippen molar-refractivity contribution in [3.05, 3.63) is 200 Å². The minimum Gasteiger partial charge on any atom is -0.455 e. The topological polar surface area (TPSA) is 29.5 Å². The van der Waals surface area contributed by atoms with Gasteiger partial charge in [0.2, 0.25) is 0 Å². The highest BCUT2D eigenvalue weighted by Gasteiger charge is 2.24. The lowest BCUT2D eigenvalue weighted by atomic mass is 9.94. The second-order valence-corrected chi connectivity index (χ2v) is 14.0. The first-order chi connectivity index (χ1) is 27.3. The molecular formula is C52H33NO2. The van der Waals surface area contributed by atoms with Gasteiger partial charge in [0.15, 0.2) is 5.58 Å². The summed E-state index contributed by atoms with van der Waals surface area (Å²) in [5.74, 6) is 0. The summed E-state index contributed by atoms with van der Waals surface area (Å²) in [6.45, 7) is 0. The minimum atomic E-state index is 0.836. The molecule has 0 bridgehead atoms. The Bertz CT molecular complexity index is 3220. The molecule has 11 rings (SSSR count). The van der Waals surface area contributed by atoms with Crippen molar-refractivity contribution >= 4 is 71.7 Å². The molecule has 0 saturated heterocycles. The van der Waals surface area contributed by atoms with Crippen molar-refractivity contribution in [1.29, 1.82) is 0 Å². The monoisotopic (exact) mass is 703 g/mol. The number of para-hydroxylation sites is 4. The molecule has 0 unspecified atom stereocenters. The van der Waals surface area contributed by atoms with E-state index in [-0.39, 0.29) is 0 Å². The van der Waals surface area contributed by atoms with Crippen LogP contribution in [0.3, 0.4) is 0 Å². The molecule has 55 heavy (non-hydrogen) atoms. The summed E-state index contributed by atoms with van der Waals surface area (Å²) in [7, 11) is 0. The number of furan rings is 2. The average molecular weight is 704 g/mol. The Morgan fingerprint density at radius 3 is 1.69 bits per heavy atom. The zero-order valence-corrected chi connectivity index (χ0v) is 29.8. The Morgan fingerprint density at radius 2 is 0.873 bits per heavy atom. The Morgan fingerprint density at radius 1 is 0.309 bits per heavy atom. The zero-order chi connectivity index (χ0) is 36.3. The third kappa shape index (κ3) is 5.13. The maximum absolute atomic E-state index is 6.78. The number of hydrogen-bond donors (Lipinski definition) is 0. The number of rotatable bonds is 6. The van der Waals surface area contributed by atoms with Crippen LogP contribution < -0.4 is 4.90 Å². The first-order valence-electron chi connectivity index (χ1n) is 18.7. The Balaban J connectivity index is 1.21. The van der Waals surface area contributed by atoms with E-state index >= 15 is 0 Å². The quantitative estimate of drug-likeness (QED) is 0.173. The molecule has 0 amide bonds. The van der Waals surface area contributed by atoms with Crippen molar-refractivity contribution in [2.24, 2.45) is 0 Å². The normalized spacial score (nSPS) is 11.6. The second-order valence-electron chi connectivity index (χ2n) is 14.0. The van der Waals surface area contributed by atoms with Gasteiger partial charge in [-0.15, -0.1) is 0 Å². The van der Waals surface area contributed by atoms with E-state index in [1.165, 1.54) is 16.3 Å². The SMILES string of the molecule is c1ccc(-c2ccc(-c3cccc4ccccc34)cc2N(c2cccc(-c3cccc4c3oc3ccccc34)c2)c2cccc3c2oc2ccccc23)cc1. The molecule has 258 valence electrons. The van der Waals surface area contributed by atoms with Gasteiger partial charge in [-0.2, -0.15) is 0 Å². The molecule has 11 aromatic rings. The van der Waals surface area contributed by atoms with Gasteiger partial charge in [0.05, 0.1) is 11.4 Å². The molecular weight excluding hydrogens is 671 g/mol. The van der Waals surface area contributed by atoms with Gasteiger partial charge < -0.3 is 13.7 Å². The fraction of sp³-hybridized carbons (Fsp3) is 0. The molecule has 0 fully saturated rings. The smallest absolute Gasteiger partial charge is 0.159 e. The first kappa shape index (κ1) is 31.2. The molecule has 9 aromatic carbocycles. The van der Waals surface area contributed by atoms with E-state index in [0.717, 1.165) is 88.8 Å². The van der Waals surface area contributed by atoms with Crippen LogP contribution in [-0.4, -0.2) is 0 Å². The lowest BCUT2D eigenvalue weighted by Crippen LogP contribution is -2.12. The van der Waals surface area contributed by atoms with Crippen molar-refractivity contribution in [2.45, 2.75) is 0 Å². The Hall–Kier alpha value is -7.36. The highest BCUT2D eigenvalue weighted by Crippen LogP contribution is 2.48. The van der Waals surface area contributed by atoms with Crippen LogP contribution in [0.5, 0.6) is 0 Å². The molecule has 0 aliphatic rings. The van der Waals surface area contributed by atoms with Crippen LogP contribution in [0.2, 0.25) is 0 Å². The highest BCUT2D eigenvalue weighted by molar-refractivity contribution is 6.12. The average Bonchev–Trinajstić information content (AvgIpc) is 3.83. The Labute approximate surface area is 317 Å². The third-order valence-corrected chi connectivity index (χ3v) is 10.9. The Kier molecular flexibility index (Phi) is 7.17. The third-order valence-electron chi connectivity index (χ3n) is 10.9. The molecule has 3 heteroatoms. The molecule has 2 aromatic heterocycles. The van der Waals surface area contributed by atoms with Gasteiger partial charge in [0.25, 0.3) is 0 Å². The maximum atomic E-state index is 6.78. The summed E-state index contributed by atoms with van der Waals surface area (Å²) in [5.41, 5.74) is 13.2. The van der Waals surface area contributed by atoms with Crippen LogP contribution in [0.4, 0.5) is 17.1 Å².